The molecule has 0 radical (unpaired) electrons. The van der Waals surface area contributed by atoms with E-state index in [4.69, 9.17) is 5.26 Å². The molecular weight excluding hydrogens is 234 g/mol. The summed E-state index contributed by atoms with van der Waals surface area (Å²) < 4.78 is 0. The van der Waals surface area contributed by atoms with Crippen LogP contribution in [0.3, 0.4) is 0 Å². The van der Waals surface area contributed by atoms with E-state index < -0.39 is 4.92 Å². The van der Waals surface area contributed by atoms with Gasteiger partial charge in [-0.2, -0.15) is 5.26 Å². The lowest BCUT2D eigenvalue weighted by Gasteiger charge is -2.20. The smallest absolute Gasteiger partial charge is 0.329 e. The normalized spacial score (nSPS) is 15.8. The van der Waals surface area contributed by atoms with Crippen molar-refractivity contribution in [3.05, 3.63) is 27.9 Å². The van der Waals surface area contributed by atoms with Crippen molar-refractivity contribution in [1.29, 1.82) is 5.26 Å². The van der Waals surface area contributed by atoms with Crippen molar-refractivity contribution >= 4 is 11.5 Å². The number of rotatable bonds is 2. The summed E-state index contributed by atoms with van der Waals surface area (Å²) in [6.07, 6.45) is 2.34. The average molecular weight is 247 g/mol. The summed E-state index contributed by atoms with van der Waals surface area (Å²) in [5.74, 6) is 0.294. The van der Waals surface area contributed by atoms with Gasteiger partial charge < -0.3 is 10.2 Å². The first-order chi connectivity index (χ1) is 8.74. The molecule has 0 saturated carbocycles. The minimum absolute atomic E-state index is 0.0576. The molecule has 1 fully saturated rings. The van der Waals surface area contributed by atoms with Crippen molar-refractivity contribution in [2.24, 2.45) is 0 Å². The van der Waals surface area contributed by atoms with Crippen molar-refractivity contribution < 1.29 is 4.92 Å². The van der Waals surface area contributed by atoms with Crippen molar-refractivity contribution in [2.45, 2.75) is 6.42 Å². The molecule has 1 aromatic heterocycles. The third-order valence-corrected chi connectivity index (χ3v) is 2.85. The Morgan fingerprint density at radius 1 is 1.50 bits per heavy atom. The van der Waals surface area contributed by atoms with Crippen molar-refractivity contribution in [2.75, 3.05) is 31.1 Å². The molecule has 2 rings (SSSR count). The van der Waals surface area contributed by atoms with Crippen LogP contribution in [0.25, 0.3) is 0 Å². The summed E-state index contributed by atoms with van der Waals surface area (Å²) >= 11 is 0. The Hall–Kier alpha value is -2.20. The van der Waals surface area contributed by atoms with Gasteiger partial charge in [-0.1, -0.05) is 0 Å². The predicted molar refractivity (Wildman–Crippen MR) is 65.3 cm³/mol. The summed E-state index contributed by atoms with van der Waals surface area (Å²) in [6, 6.07) is 3.22. The van der Waals surface area contributed by atoms with Crippen molar-refractivity contribution in [1.82, 2.24) is 10.3 Å². The van der Waals surface area contributed by atoms with E-state index in [9.17, 15) is 10.1 Å². The second-order valence-electron chi connectivity index (χ2n) is 3.99. The summed E-state index contributed by atoms with van der Waals surface area (Å²) in [7, 11) is 0. The van der Waals surface area contributed by atoms with Crippen LogP contribution in [0, 0.1) is 21.4 Å². The predicted octanol–water partition coefficient (Wildman–Crippen LogP) is 0.661. The van der Waals surface area contributed by atoms with Gasteiger partial charge in [0.15, 0.2) is 0 Å². The van der Waals surface area contributed by atoms with E-state index in [0.29, 0.717) is 18.9 Å². The zero-order chi connectivity index (χ0) is 13.0. The molecule has 0 unspecified atom stereocenters. The van der Waals surface area contributed by atoms with E-state index in [0.717, 1.165) is 19.5 Å². The number of nitrogens with one attached hydrogen (secondary N) is 1. The average Bonchev–Trinajstić information content (AvgIpc) is 2.66. The lowest BCUT2D eigenvalue weighted by molar-refractivity contribution is -0.384. The van der Waals surface area contributed by atoms with E-state index in [1.807, 2.05) is 11.0 Å². The molecule has 1 aromatic rings. The molecule has 7 heteroatoms. The fraction of sp³-hybridized carbons (Fsp3) is 0.455. The summed E-state index contributed by atoms with van der Waals surface area (Å²) in [6.45, 7) is 3.01. The van der Waals surface area contributed by atoms with E-state index >= 15 is 0 Å². The number of hydrogen-bond donors (Lipinski definition) is 1. The molecule has 1 aliphatic rings. The highest BCUT2D eigenvalue weighted by Gasteiger charge is 2.25. The number of aromatic nitrogens is 1. The fourth-order valence-corrected chi connectivity index (χ4v) is 2.00. The molecule has 7 nitrogen and oxygen atoms in total. The van der Waals surface area contributed by atoms with E-state index in [1.165, 1.54) is 12.3 Å². The van der Waals surface area contributed by atoms with Crippen LogP contribution in [-0.2, 0) is 0 Å². The molecule has 0 bridgehead atoms. The zero-order valence-electron chi connectivity index (χ0n) is 9.80. The molecule has 0 amide bonds. The van der Waals surface area contributed by atoms with E-state index in [2.05, 4.69) is 10.3 Å². The van der Waals surface area contributed by atoms with Crippen LogP contribution in [-0.4, -0.2) is 36.1 Å². The van der Waals surface area contributed by atoms with Crippen molar-refractivity contribution in [3.63, 3.8) is 0 Å². The molecule has 94 valence electrons. The van der Waals surface area contributed by atoms with Crippen LogP contribution < -0.4 is 10.2 Å². The third-order valence-electron chi connectivity index (χ3n) is 2.85. The second kappa shape index (κ2) is 5.42. The van der Waals surface area contributed by atoms with Gasteiger partial charge in [-0.25, -0.2) is 4.98 Å². The molecule has 0 spiro atoms. The minimum Gasteiger partial charge on any atom is -0.350 e. The highest BCUT2D eigenvalue weighted by atomic mass is 16.6. The van der Waals surface area contributed by atoms with E-state index in [1.54, 1.807) is 0 Å². The number of nitriles is 1. The van der Waals surface area contributed by atoms with Gasteiger partial charge >= 0.3 is 5.69 Å². The maximum Gasteiger partial charge on any atom is 0.329 e. The Kier molecular flexibility index (Phi) is 3.69. The first kappa shape index (κ1) is 12.3. The molecule has 0 aromatic carbocycles. The number of nitro groups is 1. The molecule has 1 N–H and O–H groups in total. The van der Waals surface area contributed by atoms with Crippen LogP contribution in [0.5, 0.6) is 0 Å². The molecule has 1 saturated heterocycles. The molecule has 0 aliphatic carbocycles. The standard InChI is InChI=1S/C11H13N5O2/c12-8-9-2-4-14-11(10(9)16(17)18)15-6-1-3-13-5-7-15/h2,4,13H,1,3,5-7H2. The molecule has 2 heterocycles. The summed E-state index contributed by atoms with van der Waals surface area (Å²) in [5, 5.41) is 23.3. The highest BCUT2D eigenvalue weighted by Crippen LogP contribution is 2.29. The maximum absolute atomic E-state index is 11.1. The Morgan fingerprint density at radius 2 is 2.33 bits per heavy atom. The monoisotopic (exact) mass is 247 g/mol. The molecule has 1 aliphatic heterocycles. The lowest BCUT2D eigenvalue weighted by Crippen LogP contribution is -2.29. The van der Waals surface area contributed by atoms with Gasteiger partial charge in [0.25, 0.3) is 0 Å². The Labute approximate surface area is 104 Å². The van der Waals surface area contributed by atoms with Crippen LogP contribution in [0.15, 0.2) is 12.3 Å². The zero-order valence-corrected chi connectivity index (χ0v) is 9.80. The Morgan fingerprint density at radius 3 is 3.06 bits per heavy atom. The first-order valence-electron chi connectivity index (χ1n) is 5.73. The van der Waals surface area contributed by atoms with Crippen LogP contribution >= 0.6 is 0 Å². The quantitative estimate of drug-likeness (QED) is 0.609. The van der Waals surface area contributed by atoms with Gasteiger partial charge in [0, 0.05) is 25.8 Å². The van der Waals surface area contributed by atoms with Crippen LogP contribution in [0.2, 0.25) is 0 Å². The van der Waals surface area contributed by atoms with E-state index in [-0.39, 0.29) is 11.3 Å². The molecular formula is C11H13N5O2. The number of anilines is 1. The molecule has 18 heavy (non-hydrogen) atoms. The van der Waals surface area contributed by atoms with Crippen molar-refractivity contribution in [3.8, 4) is 6.07 Å². The Bertz CT molecular complexity index is 489. The van der Waals surface area contributed by atoms with Gasteiger partial charge in [0.2, 0.25) is 5.82 Å². The SMILES string of the molecule is N#Cc1ccnc(N2CCCNCC2)c1[N+](=O)[O-]. The lowest BCUT2D eigenvalue weighted by atomic mass is 10.2. The number of nitrogens with zero attached hydrogens (tertiary/aromatic N) is 4. The second-order valence-corrected chi connectivity index (χ2v) is 3.99. The fourth-order valence-electron chi connectivity index (χ4n) is 2.00. The number of pyridine rings is 1. The van der Waals surface area contributed by atoms with Crippen LogP contribution in [0.1, 0.15) is 12.0 Å². The topological polar surface area (TPSA) is 95.1 Å². The summed E-state index contributed by atoms with van der Waals surface area (Å²) in [5.41, 5.74) is -0.135. The number of hydrogen-bond acceptors (Lipinski definition) is 6. The first-order valence-corrected chi connectivity index (χ1v) is 5.73. The largest absolute Gasteiger partial charge is 0.350 e. The summed E-state index contributed by atoms with van der Waals surface area (Å²) in [4.78, 5) is 16.5. The maximum atomic E-state index is 11.1. The highest BCUT2D eigenvalue weighted by molar-refractivity contribution is 5.65. The van der Waals surface area contributed by atoms with Gasteiger partial charge in [-0.3, -0.25) is 10.1 Å². The van der Waals surface area contributed by atoms with Gasteiger partial charge in [-0.05, 0) is 19.0 Å². The molecule has 0 atom stereocenters. The van der Waals surface area contributed by atoms with Gasteiger partial charge in [0.05, 0.1) is 4.92 Å². The van der Waals surface area contributed by atoms with Gasteiger partial charge in [-0.15, -0.1) is 0 Å². The Balaban J connectivity index is 2.43. The van der Waals surface area contributed by atoms with Gasteiger partial charge in [0.1, 0.15) is 11.6 Å². The third kappa shape index (κ3) is 2.38. The van der Waals surface area contributed by atoms with Crippen LogP contribution in [0.4, 0.5) is 11.5 Å². The minimum atomic E-state index is -0.529.